The van der Waals surface area contributed by atoms with E-state index in [4.69, 9.17) is 4.74 Å². The Morgan fingerprint density at radius 2 is 1.70 bits per heavy atom. The molecular formula is C31H47N3O6. The number of nitrogens with zero attached hydrogens (tertiary/aromatic N) is 1. The lowest BCUT2D eigenvalue weighted by Gasteiger charge is -2.29. The molecule has 1 heterocycles. The van der Waals surface area contributed by atoms with E-state index >= 15 is 0 Å². The third-order valence-corrected chi connectivity index (χ3v) is 6.69. The molecule has 0 radical (unpaired) electrons. The summed E-state index contributed by atoms with van der Waals surface area (Å²) in [4.78, 5) is 52.8. The van der Waals surface area contributed by atoms with Gasteiger partial charge in [-0.25, -0.2) is 9.59 Å². The highest BCUT2D eigenvalue weighted by molar-refractivity contribution is 5.92. The second-order valence-corrected chi connectivity index (χ2v) is 12.3. The van der Waals surface area contributed by atoms with E-state index in [0.29, 0.717) is 32.2 Å². The van der Waals surface area contributed by atoms with Gasteiger partial charge in [0, 0.05) is 6.54 Å². The minimum atomic E-state index is -1.10. The molecular weight excluding hydrogens is 510 g/mol. The second-order valence-electron chi connectivity index (χ2n) is 12.3. The second kappa shape index (κ2) is 14.9. The van der Waals surface area contributed by atoms with E-state index in [1.807, 2.05) is 42.5 Å². The van der Waals surface area contributed by atoms with E-state index in [2.05, 4.69) is 24.5 Å². The van der Waals surface area contributed by atoms with Crippen molar-refractivity contribution in [2.24, 2.45) is 17.8 Å². The molecule has 222 valence electrons. The number of aliphatic carboxylic acids is 1. The number of hydrogen-bond acceptors (Lipinski definition) is 5. The van der Waals surface area contributed by atoms with Gasteiger partial charge < -0.3 is 25.4 Å². The van der Waals surface area contributed by atoms with E-state index in [1.54, 1.807) is 39.5 Å². The summed E-state index contributed by atoms with van der Waals surface area (Å²) in [6, 6.07) is 7.54. The maximum atomic E-state index is 13.9. The van der Waals surface area contributed by atoms with Crippen LogP contribution in [0.25, 0.3) is 0 Å². The molecule has 1 aliphatic rings. The van der Waals surface area contributed by atoms with Gasteiger partial charge in [0.15, 0.2) is 0 Å². The molecule has 1 fully saturated rings. The number of carbonyl (C=O) groups excluding carboxylic acids is 3. The van der Waals surface area contributed by atoms with Crippen LogP contribution in [-0.2, 0) is 25.5 Å². The zero-order valence-corrected chi connectivity index (χ0v) is 25.0. The molecule has 0 saturated carbocycles. The Labute approximate surface area is 238 Å². The Morgan fingerprint density at radius 1 is 1.05 bits per heavy atom. The number of hydrogen-bond donors (Lipinski definition) is 3. The first-order valence-electron chi connectivity index (χ1n) is 14.2. The number of alkyl carbamates (subject to hydrolysis) is 1. The molecule has 40 heavy (non-hydrogen) atoms. The fourth-order valence-electron chi connectivity index (χ4n) is 4.81. The normalized spacial score (nSPS) is 18.0. The quantitative estimate of drug-likeness (QED) is 0.324. The van der Waals surface area contributed by atoms with E-state index in [9.17, 15) is 24.3 Å². The van der Waals surface area contributed by atoms with Crippen LogP contribution in [-0.4, -0.2) is 64.2 Å². The monoisotopic (exact) mass is 557 g/mol. The van der Waals surface area contributed by atoms with Gasteiger partial charge in [-0.05, 0) is 63.9 Å². The molecule has 0 unspecified atom stereocenters. The Kier molecular flexibility index (Phi) is 12.2. The summed E-state index contributed by atoms with van der Waals surface area (Å²) < 4.78 is 5.44. The van der Waals surface area contributed by atoms with Crippen molar-refractivity contribution >= 4 is 23.9 Å². The Hall–Kier alpha value is -3.36. The van der Waals surface area contributed by atoms with Crippen LogP contribution in [0.1, 0.15) is 73.3 Å². The first-order chi connectivity index (χ1) is 18.7. The molecule has 4 atom stereocenters. The van der Waals surface area contributed by atoms with E-state index < -0.39 is 41.6 Å². The number of carbonyl (C=O) groups is 4. The van der Waals surface area contributed by atoms with Crippen molar-refractivity contribution in [2.75, 3.05) is 6.54 Å². The summed E-state index contributed by atoms with van der Waals surface area (Å²) in [5, 5.41) is 15.1. The molecule has 0 aromatic heterocycles. The zero-order valence-electron chi connectivity index (χ0n) is 25.0. The maximum absolute atomic E-state index is 13.9. The topological polar surface area (TPSA) is 125 Å². The molecule has 3 amide bonds. The van der Waals surface area contributed by atoms with Crippen molar-refractivity contribution in [3.63, 3.8) is 0 Å². The molecule has 0 spiro atoms. The summed E-state index contributed by atoms with van der Waals surface area (Å²) in [7, 11) is 0. The maximum Gasteiger partial charge on any atom is 0.408 e. The molecule has 0 aliphatic carbocycles. The molecule has 9 heteroatoms. The largest absolute Gasteiger partial charge is 0.480 e. The molecule has 0 bridgehead atoms. The van der Waals surface area contributed by atoms with Crippen molar-refractivity contribution in [3.05, 3.63) is 48.0 Å². The van der Waals surface area contributed by atoms with Crippen molar-refractivity contribution in [3.8, 4) is 0 Å². The number of likely N-dealkylation sites (tertiary alicyclic amines) is 1. The fraction of sp³-hybridized carbons (Fsp3) is 0.613. The summed E-state index contributed by atoms with van der Waals surface area (Å²) >= 11 is 0. The molecule has 3 N–H and O–H groups in total. The zero-order chi connectivity index (χ0) is 30.0. The predicted octanol–water partition coefficient (Wildman–Crippen LogP) is 4.56. The molecule has 9 nitrogen and oxygen atoms in total. The SMILES string of the molecule is CC(C)C[C@@H](/C=C/[C@H](Cc1ccccc1)C(=O)N1CCC[C@H]1C(=O)N[C@@H](C(=O)O)C(C)C)NC(=O)OC(C)(C)C. The number of ether oxygens (including phenoxy) is 1. The average molecular weight is 558 g/mol. The van der Waals surface area contributed by atoms with Crippen molar-refractivity contribution in [1.29, 1.82) is 0 Å². The van der Waals surface area contributed by atoms with Crippen LogP contribution in [0, 0.1) is 17.8 Å². The van der Waals surface area contributed by atoms with Gasteiger partial charge in [0.25, 0.3) is 0 Å². The third-order valence-electron chi connectivity index (χ3n) is 6.69. The summed E-state index contributed by atoms with van der Waals surface area (Å²) in [5.74, 6) is -2.34. The van der Waals surface area contributed by atoms with Crippen LogP contribution in [0.4, 0.5) is 4.79 Å². The smallest absolute Gasteiger partial charge is 0.408 e. The van der Waals surface area contributed by atoms with E-state index in [0.717, 1.165) is 5.56 Å². The minimum Gasteiger partial charge on any atom is -0.480 e. The average Bonchev–Trinajstić information content (AvgIpc) is 3.33. The molecule has 1 aromatic carbocycles. The van der Waals surface area contributed by atoms with Crippen LogP contribution in [0.3, 0.4) is 0 Å². The van der Waals surface area contributed by atoms with Gasteiger partial charge in [-0.2, -0.15) is 0 Å². The Morgan fingerprint density at radius 3 is 2.25 bits per heavy atom. The number of rotatable bonds is 12. The number of carboxylic acids is 1. The van der Waals surface area contributed by atoms with Gasteiger partial charge in [-0.1, -0.05) is 70.2 Å². The number of carboxylic acid groups (broad SMARTS) is 1. The first kappa shape index (κ1) is 32.8. The van der Waals surface area contributed by atoms with Gasteiger partial charge in [-0.15, -0.1) is 0 Å². The van der Waals surface area contributed by atoms with Crippen molar-refractivity contribution in [1.82, 2.24) is 15.5 Å². The van der Waals surface area contributed by atoms with Gasteiger partial charge >= 0.3 is 12.1 Å². The fourth-order valence-corrected chi connectivity index (χ4v) is 4.81. The minimum absolute atomic E-state index is 0.199. The highest BCUT2D eigenvalue weighted by Crippen LogP contribution is 2.24. The lowest BCUT2D eigenvalue weighted by molar-refractivity contribution is -0.145. The number of nitrogens with one attached hydrogen (secondary N) is 2. The van der Waals surface area contributed by atoms with Gasteiger partial charge in [0.2, 0.25) is 11.8 Å². The van der Waals surface area contributed by atoms with Crippen LogP contribution < -0.4 is 10.6 Å². The lowest BCUT2D eigenvalue weighted by atomic mass is 9.94. The van der Waals surface area contributed by atoms with Crippen LogP contribution in [0.5, 0.6) is 0 Å². The first-order valence-corrected chi connectivity index (χ1v) is 14.2. The molecule has 2 rings (SSSR count). The summed E-state index contributed by atoms with van der Waals surface area (Å²) in [6.45, 7) is 13.4. The van der Waals surface area contributed by atoms with Crippen LogP contribution in [0.2, 0.25) is 0 Å². The standard InChI is InChI=1S/C31H47N3O6/c1-20(2)18-24(32-30(39)40-31(5,6)7)16-15-23(19-22-12-9-8-10-13-22)28(36)34-17-11-14-25(34)27(35)33-26(21(3)4)29(37)38/h8-10,12-13,15-16,20-21,23-26H,11,14,17-19H2,1-7H3,(H,32,39)(H,33,35)(H,37,38)/b16-15+/t23-,24-,25+,26-/m1/s1. The summed E-state index contributed by atoms with van der Waals surface area (Å²) in [6.07, 6.45) is 5.35. The van der Waals surface area contributed by atoms with Gasteiger partial charge in [0.05, 0.1) is 12.0 Å². The highest BCUT2D eigenvalue weighted by atomic mass is 16.6. The van der Waals surface area contributed by atoms with E-state index in [1.165, 1.54) is 0 Å². The summed E-state index contributed by atoms with van der Waals surface area (Å²) in [5.41, 5.74) is 0.333. The van der Waals surface area contributed by atoms with Crippen molar-refractivity contribution in [2.45, 2.75) is 97.9 Å². The van der Waals surface area contributed by atoms with Gasteiger partial charge in [0.1, 0.15) is 17.7 Å². The molecule has 1 saturated heterocycles. The highest BCUT2D eigenvalue weighted by Gasteiger charge is 2.38. The van der Waals surface area contributed by atoms with Crippen LogP contribution >= 0.6 is 0 Å². The lowest BCUT2D eigenvalue weighted by Crippen LogP contribution is -2.53. The third kappa shape index (κ3) is 10.7. The number of amides is 3. The van der Waals surface area contributed by atoms with E-state index in [-0.39, 0.29) is 23.8 Å². The Balaban J connectivity index is 2.30. The predicted molar refractivity (Wildman–Crippen MR) is 155 cm³/mol. The Bertz CT molecular complexity index is 1030. The molecule has 1 aromatic rings. The van der Waals surface area contributed by atoms with Crippen LogP contribution in [0.15, 0.2) is 42.5 Å². The number of benzene rings is 1. The van der Waals surface area contributed by atoms with Crippen molar-refractivity contribution < 1.29 is 29.0 Å². The molecule has 1 aliphatic heterocycles. The van der Waals surface area contributed by atoms with Gasteiger partial charge in [-0.3, -0.25) is 9.59 Å².